The molecule has 70 valence electrons. The van der Waals surface area contributed by atoms with Gasteiger partial charge in [-0.2, -0.15) is 0 Å². The molecule has 0 atom stereocenters. The number of carbonyl (C=O) groups is 1. The molecule has 4 nitrogen and oxygen atoms in total. The molecule has 5 heteroatoms. The van der Waals surface area contributed by atoms with Crippen LogP contribution in [-0.2, 0) is 11.2 Å². The molecule has 0 fully saturated rings. The van der Waals surface area contributed by atoms with Crippen molar-refractivity contribution >= 4 is 5.97 Å². The first-order valence-electron chi connectivity index (χ1n) is 4.01. The Balaban J connectivity index is 0.00000169. The molecule has 0 aromatic carbocycles. The van der Waals surface area contributed by atoms with Crippen LogP contribution < -0.4 is 24.0 Å². The average Bonchev–Trinajstić information content (AvgIpc) is 1.99. The molecule has 1 heterocycles. The van der Waals surface area contributed by atoms with Crippen molar-refractivity contribution in [2.45, 2.75) is 27.2 Å². The van der Waals surface area contributed by atoms with Gasteiger partial charge in [-0.1, -0.05) is 0 Å². The minimum absolute atomic E-state index is 0. The molecule has 0 saturated heterocycles. The Morgan fingerprint density at radius 2 is 1.64 bits per heavy atom. The maximum Gasteiger partial charge on any atom is 1.00 e. The first-order chi connectivity index (χ1) is 6.00. The van der Waals surface area contributed by atoms with Crippen LogP contribution in [0.1, 0.15) is 22.8 Å². The Labute approximate surface area is 94.9 Å². The molecule has 0 aliphatic heterocycles. The molecule has 0 radical (unpaired) electrons. The number of hydrogen-bond donors (Lipinski definition) is 0. The fraction of sp³-hybridized carbons (Fsp3) is 0.444. The topological polar surface area (TPSA) is 65.9 Å². The van der Waals surface area contributed by atoms with Gasteiger partial charge in [-0.25, -0.2) is 0 Å². The molecule has 0 aliphatic rings. The van der Waals surface area contributed by atoms with Crippen molar-refractivity contribution in [1.82, 2.24) is 9.97 Å². The zero-order valence-electron chi connectivity index (χ0n) is 8.92. The first kappa shape index (κ1) is 13.1. The van der Waals surface area contributed by atoms with Gasteiger partial charge >= 0.3 is 18.9 Å². The summed E-state index contributed by atoms with van der Waals surface area (Å²) in [5.41, 5.74) is 2.75. The summed E-state index contributed by atoms with van der Waals surface area (Å²) in [5.74, 6) is -1.12. The second-order valence-electron chi connectivity index (χ2n) is 2.98. The largest absolute Gasteiger partial charge is 1.00 e. The quantitative estimate of drug-likeness (QED) is 0.454. The van der Waals surface area contributed by atoms with Crippen molar-refractivity contribution in [3.8, 4) is 0 Å². The molecule has 0 unspecified atom stereocenters. The normalized spacial score (nSPS) is 9.36. The summed E-state index contributed by atoms with van der Waals surface area (Å²) in [6.07, 6.45) is -0.167. The van der Waals surface area contributed by atoms with Gasteiger partial charge in [0, 0.05) is 12.4 Å². The zero-order valence-corrected chi connectivity index (χ0v) is 8.92. The van der Waals surface area contributed by atoms with Crippen molar-refractivity contribution in [3.63, 3.8) is 0 Å². The van der Waals surface area contributed by atoms with Gasteiger partial charge in [0.2, 0.25) is 0 Å². The van der Waals surface area contributed by atoms with E-state index >= 15 is 0 Å². The Bertz CT molecular complexity index is 353. The molecule has 0 bridgehead atoms. The van der Waals surface area contributed by atoms with Gasteiger partial charge in [0.1, 0.15) is 0 Å². The van der Waals surface area contributed by atoms with E-state index in [4.69, 9.17) is 0 Å². The number of nitrogens with zero attached hydrogens (tertiary/aromatic N) is 2. The molecule has 0 amide bonds. The first-order valence-corrected chi connectivity index (χ1v) is 4.01. The second kappa shape index (κ2) is 5.13. The zero-order chi connectivity index (χ0) is 10.0. The van der Waals surface area contributed by atoms with Crippen molar-refractivity contribution in [2.75, 3.05) is 0 Å². The summed E-state index contributed by atoms with van der Waals surface area (Å²) in [5, 5.41) is 10.3. The van der Waals surface area contributed by atoms with Crippen molar-refractivity contribution in [2.24, 2.45) is 0 Å². The van der Waals surface area contributed by atoms with Crippen LogP contribution >= 0.6 is 0 Å². The summed E-state index contributed by atoms with van der Waals surface area (Å²) in [7, 11) is 0. The summed E-state index contributed by atoms with van der Waals surface area (Å²) in [4.78, 5) is 18.6. The number of carbonyl (C=O) groups excluding carboxylic acids is 1. The van der Waals surface area contributed by atoms with Crippen LogP contribution in [0.5, 0.6) is 0 Å². The number of aromatic nitrogens is 2. The number of carboxylic acids is 1. The molecule has 1 aromatic rings. The van der Waals surface area contributed by atoms with Gasteiger partial charge in [0.25, 0.3) is 0 Å². The van der Waals surface area contributed by atoms with Gasteiger partial charge in [-0.05, 0) is 20.8 Å². The molecule has 14 heavy (non-hydrogen) atoms. The number of aliphatic carboxylic acids is 1. The van der Waals surface area contributed by atoms with Crippen LogP contribution in [0.3, 0.4) is 0 Å². The summed E-state index contributed by atoms with van der Waals surface area (Å²) in [6, 6.07) is 0. The molecule has 0 spiro atoms. The molecule has 1 aromatic heterocycles. The van der Waals surface area contributed by atoms with Crippen molar-refractivity contribution in [1.29, 1.82) is 0 Å². The third-order valence-corrected chi connectivity index (χ3v) is 1.89. The standard InChI is InChI=1S/C9H12N2O2.Li/c1-5-6(2)11-8(4-9(12)13)7(3)10-5;/h4H2,1-3H3,(H,12,13);/q;+1/p-1. The SMILES string of the molecule is Cc1nc(C)c(CC(=O)[O-])nc1C.[Li+]. The van der Waals surface area contributed by atoms with Gasteiger partial charge in [-0.15, -0.1) is 0 Å². The van der Waals surface area contributed by atoms with E-state index in [1.807, 2.05) is 6.92 Å². The van der Waals surface area contributed by atoms with E-state index in [9.17, 15) is 9.90 Å². The minimum atomic E-state index is -1.12. The van der Waals surface area contributed by atoms with Gasteiger partial charge in [0.15, 0.2) is 0 Å². The van der Waals surface area contributed by atoms with Crippen LogP contribution in [0.15, 0.2) is 0 Å². The molecule has 0 aliphatic carbocycles. The summed E-state index contributed by atoms with van der Waals surface area (Å²) < 4.78 is 0. The number of aryl methyl sites for hydroxylation is 3. The average molecular weight is 186 g/mol. The Kier molecular flexibility index (Phi) is 4.82. The third-order valence-electron chi connectivity index (χ3n) is 1.89. The van der Waals surface area contributed by atoms with Gasteiger partial charge < -0.3 is 9.90 Å². The summed E-state index contributed by atoms with van der Waals surface area (Å²) >= 11 is 0. The minimum Gasteiger partial charge on any atom is -0.550 e. The van der Waals surface area contributed by atoms with Crippen LogP contribution in [0.25, 0.3) is 0 Å². The number of hydrogen-bond acceptors (Lipinski definition) is 4. The Morgan fingerprint density at radius 1 is 1.14 bits per heavy atom. The number of rotatable bonds is 2. The predicted molar refractivity (Wildman–Crippen MR) is 45.0 cm³/mol. The van der Waals surface area contributed by atoms with E-state index in [1.54, 1.807) is 13.8 Å². The molecular weight excluding hydrogens is 175 g/mol. The van der Waals surface area contributed by atoms with E-state index in [2.05, 4.69) is 9.97 Å². The van der Waals surface area contributed by atoms with E-state index < -0.39 is 5.97 Å². The van der Waals surface area contributed by atoms with Crippen LogP contribution in [0, 0.1) is 20.8 Å². The second-order valence-corrected chi connectivity index (χ2v) is 2.98. The number of carboxylic acid groups (broad SMARTS) is 1. The Hall–Kier alpha value is -0.853. The van der Waals surface area contributed by atoms with Crippen molar-refractivity contribution < 1.29 is 28.8 Å². The summed E-state index contributed by atoms with van der Waals surface area (Å²) in [6.45, 7) is 5.40. The van der Waals surface area contributed by atoms with Crippen LogP contribution in [0.2, 0.25) is 0 Å². The maximum absolute atomic E-state index is 10.3. The fourth-order valence-electron chi connectivity index (χ4n) is 1.07. The van der Waals surface area contributed by atoms with Gasteiger partial charge in [-0.3, -0.25) is 9.97 Å². The van der Waals surface area contributed by atoms with E-state index in [0.717, 1.165) is 11.4 Å². The van der Waals surface area contributed by atoms with Crippen LogP contribution in [-0.4, -0.2) is 15.9 Å². The Morgan fingerprint density at radius 3 is 2.14 bits per heavy atom. The maximum atomic E-state index is 10.3. The smallest absolute Gasteiger partial charge is 0.550 e. The third kappa shape index (κ3) is 3.13. The molecule has 0 N–H and O–H groups in total. The molecule has 0 saturated carbocycles. The van der Waals surface area contributed by atoms with Crippen molar-refractivity contribution in [3.05, 3.63) is 22.8 Å². The van der Waals surface area contributed by atoms with E-state index in [-0.39, 0.29) is 25.3 Å². The van der Waals surface area contributed by atoms with Gasteiger partial charge in [0.05, 0.1) is 22.8 Å². The fourth-order valence-corrected chi connectivity index (χ4v) is 1.07. The molecule has 1 rings (SSSR count). The predicted octanol–water partition coefficient (Wildman–Crippen LogP) is -3.30. The van der Waals surface area contributed by atoms with E-state index in [0.29, 0.717) is 11.4 Å². The van der Waals surface area contributed by atoms with Crippen LogP contribution in [0.4, 0.5) is 0 Å². The molecular formula is C9H11LiN2O2. The van der Waals surface area contributed by atoms with E-state index in [1.165, 1.54) is 0 Å². The monoisotopic (exact) mass is 186 g/mol.